The molecular weight excluding hydrogens is 460 g/mol. The maximum absolute atomic E-state index is 13.2. The van der Waals surface area contributed by atoms with Crippen molar-refractivity contribution >= 4 is 45.9 Å². The first kappa shape index (κ1) is 25.4. The van der Waals surface area contributed by atoms with E-state index in [1.165, 1.54) is 23.1 Å². The summed E-state index contributed by atoms with van der Waals surface area (Å²) in [6.45, 7) is 7.85. The van der Waals surface area contributed by atoms with Gasteiger partial charge in [0, 0.05) is 17.6 Å². The SMILES string of the molecule is CCC/C=C\C[C@@H]1CC(=O)NCc2nc(cs2)C2=N[C@@](C)(CS2)C(=O)N[C@@H](C(C)C)C(=O)O1. The molecule has 0 aromatic carbocycles. The quantitative estimate of drug-likeness (QED) is 0.482. The van der Waals surface area contributed by atoms with Crippen LogP contribution < -0.4 is 10.6 Å². The zero-order chi connectivity index (χ0) is 24.0. The molecule has 3 heterocycles. The van der Waals surface area contributed by atoms with Crippen LogP contribution in [0, 0.1) is 5.92 Å². The number of hydrogen-bond donors (Lipinski definition) is 2. The number of aliphatic imine (C=N–C) groups is 1. The summed E-state index contributed by atoms with van der Waals surface area (Å²) < 4.78 is 5.75. The summed E-state index contributed by atoms with van der Waals surface area (Å²) in [6, 6.07) is -0.831. The average Bonchev–Trinajstić information content (AvgIpc) is 3.40. The van der Waals surface area contributed by atoms with Crippen LogP contribution >= 0.6 is 23.1 Å². The molecule has 2 amide bonds. The van der Waals surface area contributed by atoms with E-state index >= 15 is 0 Å². The highest BCUT2D eigenvalue weighted by molar-refractivity contribution is 8.14. The van der Waals surface area contributed by atoms with Gasteiger partial charge < -0.3 is 15.4 Å². The van der Waals surface area contributed by atoms with Crippen LogP contribution in [0.1, 0.15) is 64.1 Å². The first-order valence-electron chi connectivity index (χ1n) is 11.3. The summed E-state index contributed by atoms with van der Waals surface area (Å²) in [6.07, 6.45) is 5.75. The summed E-state index contributed by atoms with van der Waals surface area (Å²) >= 11 is 2.90. The van der Waals surface area contributed by atoms with Crippen molar-refractivity contribution < 1.29 is 19.1 Å². The Morgan fingerprint density at radius 2 is 2.09 bits per heavy atom. The number of fused-ring (bicyclic) bond motifs is 4. The number of nitrogens with zero attached hydrogens (tertiary/aromatic N) is 2. The van der Waals surface area contributed by atoms with Crippen LogP contribution in [0.4, 0.5) is 0 Å². The smallest absolute Gasteiger partial charge is 0.329 e. The summed E-state index contributed by atoms with van der Waals surface area (Å²) in [5.41, 5.74) is -0.290. The molecule has 0 radical (unpaired) electrons. The topological polar surface area (TPSA) is 110 Å². The maximum atomic E-state index is 13.2. The van der Waals surface area contributed by atoms with Gasteiger partial charge >= 0.3 is 5.97 Å². The largest absolute Gasteiger partial charge is 0.460 e. The molecular formula is C23H32N4O4S2. The van der Waals surface area contributed by atoms with Crippen LogP contribution in [-0.4, -0.2) is 51.2 Å². The zero-order valence-corrected chi connectivity index (χ0v) is 21.2. The van der Waals surface area contributed by atoms with Gasteiger partial charge in [0.25, 0.3) is 0 Å². The third-order valence-electron chi connectivity index (χ3n) is 5.46. The van der Waals surface area contributed by atoms with Crippen molar-refractivity contribution in [2.24, 2.45) is 10.9 Å². The van der Waals surface area contributed by atoms with E-state index in [1.54, 1.807) is 6.92 Å². The van der Waals surface area contributed by atoms with Gasteiger partial charge in [-0.05, 0) is 19.3 Å². The van der Waals surface area contributed by atoms with Gasteiger partial charge in [-0.3, -0.25) is 14.6 Å². The van der Waals surface area contributed by atoms with Gasteiger partial charge in [0.15, 0.2) is 0 Å². The Hall–Kier alpha value is -2.20. The van der Waals surface area contributed by atoms with Crippen LogP contribution in [0.25, 0.3) is 0 Å². The van der Waals surface area contributed by atoms with E-state index in [4.69, 9.17) is 4.74 Å². The molecule has 3 rings (SSSR count). The molecule has 33 heavy (non-hydrogen) atoms. The fourth-order valence-corrected chi connectivity index (χ4v) is 5.35. The van der Waals surface area contributed by atoms with Crippen molar-refractivity contribution in [2.75, 3.05) is 5.75 Å². The molecule has 0 unspecified atom stereocenters. The number of esters is 1. The predicted molar refractivity (Wildman–Crippen MR) is 131 cm³/mol. The van der Waals surface area contributed by atoms with E-state index in [-0.39, 0.29) is 24.2 Å². The second kappa shape index (κ2) is 11.3. The van der Waals surface area contributed by atoms with Crippen molar-refractivity contribution in [1.29, 1.82) is 0 Å². The monoisotopic (exact) mass is 492 g/mol. The number of ether oxygens (including phenoxy) is 1. The molecule has 2 aliphatic heterocycles. The lowest BCUT2D eigenvalue weighted by molar-refractivity contribution is -0.155. The second-order valence-corrected chi connectivity index (χ2v) is 10.7. The Morgan fingerprint density at radius 1 is 1.30 bits per heavy atom. The van der Waals surface area contributed by atoms with E-state index in [1.807, 2.05) is 31.4 Å². The van der Waals surface area contributed by atoms with Crippen molar-refractivity contribution in [3.8, 4) is 0 Å². The minimum absolute atomic E-state index is 0.0411. The Morgan fingerprint density at radius 3 is 2.82 bits per heavy atom. The number of aromatic nitrogens is 1. The summed E-state index contributed by atoms with van der Waals surface area (Å²) in [4.78, 5) is 48.0. The van der Waals surface area contributed by atoms with E-state index in [2.05, 4.69) is 27.5 Å². The molecule has 1 aromatic rings. The highest BCUT2D eigenvalue weighted by Crippen LogP contribution is 2.32. The molecule has 0 spiro atoms. The van der Waals surface area contributed by atoms with Crippen LogP contribution in [0.5, 0.6) is 0 Å². The Kier molecular flexibility index (Phi) is 8.69. The number of hydrogen-bond acceptors (Lipinski definition) is 8. The fourth-order valence-electron chi connectivity index (χ4n) is 3.43. The van der Waals surface area contributed by atoms with Gasteiger partial charge in [-0.25, -0.2) is 9.78 Å². The molecule has 2 aliphatic rings. The molecule has 10 heteroatoms. The van der Waals surface area contributed by atoms with Crippen LogP contribution in [0.2, 0.25) is 0 Å². The van der Waals surface area contributed by atoms with Gasteiger partial charge in [-0.1, -0.05) is 39.3 Å². The molecule has 180 valence electrons. The second-order valence-electron chi connectivity index (χ2n) is 8.84. The van der Waals surface area contributed by atoms with Gasteiger partial charge in [-0.2, -0.15) is 0 Å². The number of allylic oxidation sites excluding steroid dienone is 1. The normalized spacial score (nSPS) is 26.8. The fraction of sp³-hybridized carbons (Fsp3) is 0.609. The van der Waals surface area contributed by atoms with Crippen LogP contribution in [-0.2, 0) is 25.7 Å². The van der Waals surface area contributed by atoms with Gasteiger partial charge in [0.2, 0.25) is 11.8 Å². The van der Waals surface area contributed by atoms with Crippen LogP contribution in [0.15, 0.2) is 22.5 Å². The van der Waals surface area contributed by atoms with E-state index in [9.17, 15) is 14.4 Å². The van der Waals surface area contributed by atoms with Crippen molar-refractivity contribution in [3.05, 3.63) is 28.2 Å². The first-order chi connectivity index (χ1) is 15.7. The number of unbranched alkanes of at least 4 members (excludes halogenated alkanes) is 1. The highest BCUT2D eigenvalue weighted by Gasteiger charge is 2.41. The van der Waals surface area contributed by atoms with E-state index in [0.717, 1.165) is 17.8 Å². The number of rotatable bonds is 5. The number of nitrogens with one attached hydrogen (secondary N) is 2. The maximum Gasteiger partial charge on any atom is 0.329 e. The molecule has 0 saturated carbocycles. The van der Waals surface area contributed by atoms with Gasteiger partial charge in [0.1, 0.15) is 33.4 Å². The number of carbonyl (C=O) groups is 3. The average molecular weight is 493 g/mol. The first-order valence-corrected chi connectivity index (χ1v) is 13.2. The Balaban J connectivity index is 1.88. The molecule has 8 nitrogen and oxygen atoms in total. The molecule has 3 atom stereocenters. The third kappa shape index (κ3) is 6.66. The molecule has 0 aliphatic carbocycles. The lowest BCUT2D eigenvalue weighted by Crippen LogP contribution is -2.53. The molecule has 4 bridgehead atoms. The summed E-state index contributed by atoms with van der Waals surface area (Å²) in [7, 11) is 0. The van der Waals surface area contributed by atoms with Gasteiger partial charge in [-0.15, -0.1) is 23.1 Å². The number of thioether (sulfide) groups is 1. The summed E-state index contributed by atoms with van der Waals surface area (Å²) in [5, 5.41) is 9.06. The number of carbonyl (C=O) groups excluding carboxylic acids is 3. The lowest BCUT2D eigenvalue weighted by Gasteiger charge is -2.27. The van der Waals surface area contributed by atoms with E-state index < -0.39 is 23.7 Å². The summed E-state index contributed by atoms with van der Waals surface area (Å²) in [5.74, 6) is -0.797. The lowest BCUT2D eigenvalue weighted by atomic mass is 10.00. The van der Waals surface area contributed by atoms with Crippen molar-refractivity contribution in [2.45, 2.75) is 77.6 Å². The number of cyclic esters (lactones) is 1. The van der Waals surface area contributed by atoms with Crippen molar-refractivity contribution in [1.82, 2.24) is 15.6 Å². The zero-order valence-electron chi connectivity index (χ0n) is 19.6. The van der Waals surface area contributed by atoms with Gasteiger partial charge in [0.05, 0.1) is 13.0 Å². The van der Waals surface area contributed by atoms with Crippen molar-refractivity contribution in [3.63, 3.8) is 0 Å². The third-order valence-corrected chi connectivity index (χ3v) is 7.59. The predicted octanol–water partition coefficient (Wildman–Crippen LogP) is 3.21. The molecule has 0 fully saturated rings. The van der Waals surface area contributed by atoms with Crippen LogP contribution in [0.3, 0.4) is 0 Å². The van der Waals surface area contributed by atoms with E-state index in [0.29, 0.717) is 29.5 Å². The number of amides is 2. The molecule has 2 N–H and O–H groups in total. The molecule has 0 saturated heterocycles. The number of thiazole rings is 1. The minimum atomic E-state index is -0.995. The molecule has 1 aromatic heterocycles. The Labute approximate surface area is 203 Å². The minimum Gasteiger partial charge on any atom is -0.460 e. The standard InChI is InChI=1S/C23H32N4O4S2/c1-5-6-7-8-9-15-10-17(28)24-11-18-25-16(12-32-18)20-27-23(4,13-33-20)22(30)26-19(14(2)3)21(29)31-15/h7-8,12,14-15,19H,5-6,9-11,13H2,1-4H3,(H,24,28)(H,26,30)/b8-7-/t15-,19+,23+/m1/s1. The highest BCUT2D eigenvalue weighted by atomic mass is 32.2. The Bertz CT molecular complexity index is 943.